The molecule has 4 aromatic rings. The highest BCUT2D eigenvalue weighted by Gasteiger charge is 2.21. The van der Waals surface area contributed by atoms with E-state index < -0.39 is 0 Å². The van der Waals surface area contributed by atoms with E-state index in [9.17, 15) is 9.18 Å². The third-order valence-corrected chi connectivity index (χ3v) is 6.75. The first kappa shape index (κ1) is 23.0. The van der Waals surface area contributed by atoms with Crippen molar-refractivity contribution in [2.75, 3.05) is 36.0 Å². The van der Waals surface area contributed by atoms with Crippen LogP contribution in [0.2, 0.25) is 0 Å². The molecule has 1 aliphatic rings. The molecule has 2 aromatic heterocycles. The largest absolute Gasteiger partial charge is 0.368 e. The summed E-state index contributed by atoms with van der Waals surface area (Å²) < 4.78 is 14.9. The zero-order valence-corrected chi connectivity index (χ0v) is 20.6. The lowest BCUT2D eigenvalue weighted by Crippen LogP contribution is -2.47. The number of piperazine rings is 1. The van der Waals surface area contributed by atoms with Crippen LogP contribution < -0.4 is 15.4 Å². The van der Waals surface area contributed by atoms with Crippen molar-refractivity contribution in [3.05, 3.63) is 82.5 Å². The van der Waals surface area contributed by atoms with Gasteiger partial charge in [0, 0.05) is 56.1 Å². The summed E-state index contributed by atoms with van der Waals surface area (Å²) in [5, 5.41) is 0.829. The zero-order chi connectivity index (χ0) is 24.7. The fraction of sp³-hybridized carbons (Fsp3) is 0.321. The topological polar surface area (TPSA) is 54.3 Å². The highest BCUT2D eigenvalue weighted by atomic mass is 19.1. The quantitative estimate of drug-likeness (QED) is 0.431. The van der Waals surface area contributed by atoms with Crippen molar-refractivity contribution in [3.63, 3.8) is 0 Å². The molecule has 0 spiro atoms. The number of benzene rings is 2. The Bertz CT molecular complexity index is 1410. The Kier molecular flexibility index (Phi) is 5.79. The van der Waals surface area contributed by atoms with Crippen LogP contribution in [0.5, 0.6) is 0 Å². The van der Waals surface area contributed by atoms with Crippen LogP contribution in [-0.2, 0) is 12.5 Å². The van der Waals surface area contributed by atoms with E-state index in [0.717, 1.165) is 42.8 Å². The van der Waals surface area contributed by atoms with Crippen molar-refractivity contribution in [3.8, 4) is 11.1 Å². The molecule has 0 bridgehead atoms. The summed E-state index contributed by atoms with van der Waals surface area (Å²) >= 11 is 0. The molecule has 0 radical (unpaired) electrons. The third kappa shape index (κ3) is 4.50. The summed E-state index contributed by atoms with van der Waals surface area (Å²) in [4.78, 5) is 27.0. The SMILES string of the molecule is Cn1c(=O)c(-c2ccc(C(C)(C)C)cc2)cc2cnc(N3CCN(c4ccc(F)cc4)CC3)nc21. The lowest BCUT2D eigenvalue weighted by atomic mass is 9.86. The molecule has 2 aromatic carbocycles. The molecule has 1 fully saturated rings. The Morgan fingerprint density at radius 2 is 1.51 bits per heavy atom. The number of rotatable bonds is 3. The van der Waals surface area contributed by atoms with Crippen LogP contribution in [0.15, 0.2) is 65.6 Å². The summed E-state index contributed by atoms with van der Waals surface area (Å²) in [5.74, 6) is 0.390. The number of hydrogen-bond acceptors (Lipinski definition) is 5. The number of pyridine rings is 1. The standard InChI is InChI=1S/C28H30FN5O/c1-28(2,3)21-7-5-19(6-8-21)24-17-20-18-30-27(31-25(20)32(4)26(24)35)34-15-13-33(14-16-34)23-11-9-22(29)10-12-23/h5-12,17-18H,13-16H2,1-4H3. The van der Waals surface area contributed by atoms with Crippen LogP contribution >= 0.6 is 0 Å². The van der Waals surface area contributed by atoms with Crippen LogP contribution in [0.4, 0.5) is 16.0 Å². The molecule has 35 heavy (non-hydrogen) atoms. The average molecular weight is 472 g/mol. The average Bonchev–Trinajstić information content (AvgIpc) is 2.86. The second-order valence-electron chi connectivity index (χ2n) is 10.1. The Morgan fingerprint density at radius 1 is 0.886 bits per heavy atom. The minimum Gasteiger partial charge on any atom is -0.368 e. The second kappa shape index (κ2) is 8.80. The summed E-state index contributed by atoms with van der Waals surface area (Å²) in [6.45, 7) is 9.59. The highest BCUT2D eigenvalue weighted by molar-refractivity contribution is 5.81. The molecule has 0 atom stereocenters. The van der Waals surface area contributed by atoms with Crippen molar-refractivity contribution in [2.45, 2.75) is 26.2 Å². The van der Waals surface area contributed by atoms with E-state index in [0.29, 0.717) is 17.2 Å². The van der Waals surface area contributed by atoms with Gasteiger partial charge in [0.15, 0.2) is 0 Å². The summed E-state index contributed by atoms with van der Waals surface area (Å²) in [5.41, 5.74) is 4.37. The van der Waals surface area contributed by atoms with Gasteiger partial charge in [-0.25, -0.2) is 9.37 Å². The van der Waals surface area contributed by atoms with Gasteiger partial charge in [-0.1, -0.05) is 45.0 Å². The van der Waals surface area contributed by atoms with Gasteiger partial charge in [-0.3, -0.25) is 9.36 Å². The number of hydrogen-bond donors (Lipinski definition) is 0. The molecule has 0 aliphatic carbocycles. The van der Waals surface area contributed by atoms with Gasteiger partial charge in [-0.15, -0.1) is 0 Å². The molecular weight excluding hydrogens is 441 g/mol. The highest BCUT2D eigenvalue weighted by Crippen LogP contribution is 2.26. The van der Waals surface area contributed by atoms with E-state index in [1.54, 1.807) is 17.8 Å². The molecule has 180 valence electrons. The van der Waals surface area contributed by atoms with Crippen LogP contribution in [-0.4, -0.2) is 40.7 Å². The minimum absolute atomic E-state index is 0.0572. The van der Waals surface area contributed by atoms with Crippen molar-refractivity contribution in [1.29, 1.82) is 0 Å². The Balaban J connectivity index is 1.40. The monoisotopic (exact) mass is 471 g/mol. The van der Waals surface area contributed by atoms with E-state index in [4.69, 9.17) is 4.98 Å². The van der Waals surface area contributed by atoms with Gasteiger partial charge in [0.2, 0.25) is 5.95 Å². The Hall–Kier alpha value is -3.74. The maximum Gasteiger partial charge on any atom is 0.259 e. The fourth-order valence-corrected chi connectivity index (χ4v) is 4.56. The van der Waals surface area contributed by atoms with E-state index in [-0.39, 0.29) is 16.8 Å². The number of aryl methyl sites for hydroxylation is 1. The first-order valence-electron chi connectivity index (χ1n) is 11.9. The molecule has 0 unspecified atom stereocenters. The fourth-order valence-electron chi connectivity index (χ4n) is 4.56. The van der Waals surface area contributed by atoms with Gasteiger partial charge in [0.1, 0.15) is 11.5 Å². The molecule has 5 rings (SSSR count). The molecule has 6 nitrogen and oxygen atoms in total. The van der Waals surface area contributed by atoms with Crippen molar-refractivity contribution in [1.82, 2.24) is 14.5 Å². The molecule has 3 heterocycles. The number of nitrogens with zero attached hydrogens (tertiary/aromatic N) is 5. The van der Waals surface area contributed by atoms with Gasteiger partial charge >= 0.3 is 0 Å². The third-order valence-electron chi connectivity index (χ3n) is 6.75. The normalized spacial score (nSPS) is 14.5. The molecule has 1 aliphatic heterocycles. The number of anilines is 2. The maximum atomic E-state index is 13.2. The Labute approximate surface area is 204 Å². The number of aromatic nitrogens is 3. The van der Waals surface area contributed by atoms with Crippen LogP contribution in [0.1, 0.15) is 26.3 Å². The summed E-state index contributed by atoms with van der Waals surface area (Å²) in [6.07, 6.45) is 1.80. The van der Waals surface area contributed by atoms with E-state index in [1.807, 2.05) is 30.3 Å². The first-order valence-corrected chi connectivity index (χ1v) is 11.9. The van der Waals surface area contributed by atoms with Crippen molar-refractivity contribution < 1.29 is 4.39 Å². The summed E-state index contributed by atoms with van der Waals surface area (Å²) in [6, 6.07) is 16.7. The van der Waals surface area contributed by atoms with Crippen LogP contribution in [0, 0.1) is 5.82 Å². The minimum atomic E-state index is -0.229. The smallest absolute Gasteiger partial charge is 0.259 e. The molecule has 0 saturated carbocycles. The molecule has 1 saturated heterocycles. The van der Waals surface area contributed by atoms with Gasteiger partial charge in [-0.2, -0.15) is 4.98 Å². The predicted octanol–water partition coefficient (Wildman–Crippen LogP) is 4.76. The number of fused-ring (bicyclic) bond motifs is 1. The second-order valence-corrected chi connectivity index (χ2v) is 10.1. The van der Waals surface area contributed by atoms with Crippen molar-refractivity contribution in [2.24, 2.45) is 7.05 Å². The molecule has 0 amide bonds. The van der Waals surface area contributed by atoms with Crippen LogP contribution in [0.3, 0.4) is 0 Å². The predicted molar refractivity (Wildman–Crippen MR) is 140 cm³/mol. The lowest BCUT2D eigenvalue weighted by Gasteiger charge is -2.36. The lowest BCUT2D eigenvalue weighted by molar-refractivity contribution is 0.590. The Morgan fingerprint density at radius 3 is 2.14 bits per heavy atom. The number of halogens is 1. The van der Waals surface area contributed by atoms with Gasteiger partial charge in [0.25, 0.3) is 5.56 Å². The molecule has 7 heteroatoms. The van der Waals surface area contributed by atoms with Crippen molar-refractivity contribution >= 4 is 22.7 Å². The first-order chi connectivity index (χ1) is 16.7. The van der Waals surface area contributed by atoms with Gasteiger partial charge < -0.3 is 9.80 Å². The van der Waals surface area contributed by atoms with Gasteiger partial charge in [-0.05, 0) is 46.9 Å². The van der Waals surface area contributed by atoms with Gasteiger partial charge in [0.05, 0.1) is 0 Å². The zero-order valence-electron chi connectivity index (χ0n) is 20.6. The molecular formula is C28H30FN5O. The summed E-state index contributed by atoms with van der Waals surface area (Å²) in [7, 11) is 1.76. The van der Waals surface area contributed by atoms with E-state index >= 15 is 0 Å². The maximum absolute atomic E-state index is 13.2. The van der Waals surface area contributed by atoms with E-state index in [1.165, 1.54) is 17.7 Å². The molecule has 0 N–H and O–H groups in total. The van der Waals surface area contributed by atoms with Crippen LogP contribution in [0.25, 0.3) is 22.2 Å². The van der Waals surface area contributed by atoms with E-state index in [2.05, 4.69) is 47.7 Å².